The Labute approximate surface area is 170 Å². The smallest absolute Gasteiger partial charge is 0.303 e. The maximum Gasteiger partial charge on any atom is 0.328 e. The summed E-state index contributed by atoms with van der Waals surface area (Å²) in [6.45, 7) is 0.631. The second-order valence-corrected chi connectivity index (χ2v) is 9.35. The Morgan fingerprint density at radius 3 is 2.87 bits per heavy atom. The van der Waals surface area contributed by atoms with E-state index in [0.29, 0.717) is 41.9 Å². The molecule has 1 fully saturated rings. The number of H-pyrrole nitrogens is 1. The molecule has 0 amide bonds. The number of aromatic amines is 1. The molecule has 10 nitrogen and oxygen atoms in total. The molecule has 1 aliphatic rings. The van der Waals surface area contributed by atoms with Crippen molar-refractivity contribution in [2.24, 2.45) is 0 Å². The molecule has 0 aromatic carbocycles. The second-order valence-electron chi connectivity index (χ2n) is 7.37. The molecule has 0 aliphatic carbocycles. The van der Waals surface area contributed by atoms with Gasteiger partial charge in [-0.1, -0.05) is 0 Å². The van der Waals surface area contributed by atoms with Crippen LogP contribution in [0.15, 0.2) is 35.5 Å². The lowest BCUT2D eigenvalue weighted by Crippen LogP contribution is -2.42. The Morgan fingerprint density at radius 1 is 1.23 bits per heavy atom. The van der Waals surface area contributed by atoms with Crippen molar-refractivity contribution in [3.05, 3.63) is 47.0 Å². The van der Waals surface area contributed by atoms with Gasteiger partial charge in [0, 0.05) is 19.3 Å². The molecule has 0 bridgehead atoms. The number of pyridine rings is 1. The molecule has 12 heteroatoms. The maximum absolute atomic E-state index is 13.7. The van der Waals surface area contributed by atoms with Gasteiger partial charge in [0.25, 0.3) is 0 Å². The quantitative estimate of drug-likeness (QED) is 0.520. The van der Waals surface area contributed by atoms with Crippen molar-refractivity contribution in [3.63, 3.8) is 0 Å². The average Bonchev–Trinajstić information content (AvgIpc) is 3.26. The van der Waals surface area contributed by atoms with Crippen LogP contribution in [0.4, 0.5) is 4.39 Å². The van der Waals surface area contributed by atoms with Gasteiger partial charge in [0.2, 0.25) is 10.0 Å². The van der Waals surface area contributed by atoms with Gasteiger partial charge in [0.15, 0.2) is 11.5 Å². The first-order valence-corrected chi connectivity index (χ1v) is 11.2. The fraction of sp³-hybridized carbons (Fsp3) is 0.333. The number of piperidine rings is 1. The largest absolute Gasteiger partial charge is 0.328 e. The van der Waals surface area contributed by atoms with Crippen LogP contribution in [0.3, 0.4) is 0 Å². The fourth-order valence-corrected chi connectivity index (χ4v) is 4.83. The Kier molecular flexibility index (Phi) is 4.22. The van der Waals surface area contributed by atoms with E-state index in [9.17, 15) is 17.6 Å². The predicted molar refractivity (Wildman–Crippen MR) is 107 cm³/mol. The zero-order valence-electron chi connectivity index (χ0n) is 16.0. The van der Waals surface area contributed by atoms with E-state index < -0.39 is 15.8 Å². The van der Waals surface area contributed by atoms with E-state index in [-0.39, 0.29) is 24.1 Å². The Morgan fingerprint density at radius 2 is 2.07 bits per heavy atom. The van der Waals surface area contributed by atoms with Crippen molar-refractivity contribution < 1.29 is 12.8 Å². The number of nitrogens with one attached hydrogen (secondary N) is 1. The molecule has 1 N–H and O–H groups in total. The molecule has 0 spiro atoms. The predicted octanol–water partition coefficient (Wildman–Crippen LogP) is 1.17. The van der Waals surface area contributed by atoms with Gasteiger partial charge in [-0.25, -0.2) is 36.9 Å². The summed E-state index contributed by atoms with van der Waals surface area (Å²) >= 11 is 0. The highest BCUT2D eigenvalue weighted by Gasteiger charge is 2.29. The molecule has 5 heterocycles. The Hall–Kier alpha value is -3.12. The molecule has 30 heavy (non-hydrogen) atoms. The van der Waals surface area contributed by atoms with E-state index in [2.05, 4.69) is 19.9 Å². The van der Waals surface area contributed by atoms with Gasteiger partial charge < -0.3 is 4.98 Å². The molecule has 0 saturated carbocycles. The number of nitrogens with zero attached hydrogens (tertiary/aromatic N) is 6. The summed E-state index contributed by atoms with van der Waals surface area (Å²) in [5, 5.41) is 0. The highest BCUT2D eigenvalue weighted by molar-refractivity contribution is 7.88. The van der Waals surface area contributed by atoms with Crippen LogP contribution in [0.5, 0.6) is 0 Å². The normalized spacial score (nSPS) is 18.4. The third-order valence-electron chi connectivity index (χ3n) is 5.35. The molecule has 0 radical (unpaired) electrons. The lowest BCUT2D eigenvalue weighted by atomic mass is 10.1. The lowest BCUT2D eigenvalue weighted by molar-refractivity contribution is 0.268. The van der Waals surface area contributed by atoms with Crippen molar-refractivity contribution in [2.75, 3.05) is 19.3 Å². The summed E-state index contributed by atoms with van der Waals surface area (Å²) < 4.78 is 42.1. The van der Waals surface area contributed by atoms with Gasteiger partial charge in [0.1, 0.15) is 22.7 Å². The van der Waals surface area contributed by atoms with E-state index in [1.165, 1.54) is 37.9 Å². The summed E-state index contributed by atoms with van der Waals surface area (Å²) in [5.41, 5.74) is 1.46. The maximum atomic E-state index is 13.7. The first-order chi connectivity index (χ1) is 14.3. The van der Waals surface area contributed by atoms with Gasteiger partial charge in [-0.3, -0.25) is 8.97 Å². The zero-order chi connectivity index (χ0) is 21.0. The molecule has 4 aromatic rings. The number of fused-ring (bicyclic) bond motifs is 2. The number of aromatic nitrogens is 6. The Bertz CT molecular complexity index is 1440. The monoisotopic (exact) mass is 431 g/mol. The van der Waals surface area contributed by atoms with Crippen LogP contribution in [0.25, 0.3) is 28.3 Å². The summed E-state index contributed by atoms with van der Waals surface area (Å²) in [6.07, 6.45) is 6.78. The van der Waals surface area contributed by atoms with E-state index in [0.717, 1.165) is 6.26 Å². The summed E-state index contributed by atoms with van der Waals surface area (Å²) in [7, 11) is -3.36. The van der Waals surface area contributed by atoms with Crippen molar-refractivity contribution in [2.45, 2.75) is 18.9 Å². The number of hydrogen-bond donors (Lipinski definition) is 1. The summed E-state index contributed by atoms with van der Waals surface area (Å²) in [4.78, 5) is 28.5. The van der Waals surface area contributed by atoms with Crippen molar-refractivity contribution >= 4 is 26.8 Å². The minimum atomic E-state index is -3.36. The van der Waals surface area contributed by atoms with Crippen LogP contribution in [0, 0.1) is 5.82 Å². The molecular weight excluding hydrogens is 413 g/mol. The third kappa shape index (κ3) is 3.08. The van der Waals surface area contributed by atoms with E-state index >= 15 is 0 Å². The fourth-order valence-electron chi connectivity index (χ4n) is 3.93. The number of hydrogen-bond acceptors (Lipinski definition) is 6. The van der Waals surface area contributed by atoms with Crippen LogP contribution in [0.1, 0.15) is 18.9 Å². The van der Waals surface area contributed by atoms with E-state index in [4.69, 9.17) is 0 Å². The van der Waals surface area contributed by atoms with Gasteiger partial charge in [-0.05, 0) is 25.0 Å². The average molecular weight is 431 g/mol. The van der Waals surface area contributed by atoms with Crippen LogP contribution >= 0.6 is 0 Å². The van der Waals surface area contributed by atoms with Crippen LogP contribution < -0.4 is 5.69 Å². The highest BCUT2D eigenvalue weighted by atomic mass is 32.2. The molecule has 156 valence electrons. The molecule has 1 saturated heterocycles. The standard InChI is InChI=1S/C18H18FN7O3S/c1-30(28,29)24-6-2-3-12(10-24)26-17-13(22-18(26)27)7-21-16(23-17)14-8-20-15-5-4-11(19)9-25(14)15/h4-5,7-9,12H,2-3,6,10H2,1H3,(H,22,27). The number of halogens is 1. The van der Waals surface area contributed by atoms with Crippen molar-refractivity contribution in [3.8, 4) is 11.5 Å². The van der Waals surface area contributed by atoms with Gasteiger partial charge >= 0.3 is 5.69 Å². The van der Waals surface area contributed by atoms with Gasteiger partial charge in [0.05, 0.1) is 24.7 Å². The molecule has 1 aliphatic heterocycles. The first-order valence-electron chi connectivity index (χ1n) is 9.36. The minimum absolute atomic E-state index is 0.200. The minimum Gasteiger partial charge on any atom is -0.303 e. The molecular formula is C18H18FN7O3S. The Balaban J connectivity index is 1.63. The van der Waals surface area contributed by atoms with Crippen molar-refractivity contribution in [1.29, 1.82) is 0 Å². The van der Waals surface area contributed by atoms with Gasteiger partial charge in [-0.2, -0.15) is 0 Å². The highest BCUT2D eigenvalue weighted by Crippen LogP contribution is 2.26. The number of imidazole rings is 2. The summed E-state index contributed by atoms with van der Waals surface area (Å²) in [6, 6.07) is 2.51. The topological polar surface area (TPSA) is 118 Å². The zero-order valence-corrected chi connectivity index (χ0v) is 16.8. The molecule has 1 atom stereocenters. The number of sulfonamides is 1. The molecule has 4 aromatic heterocycles. The second kappa shape index (κ2) is 6.71. The SMILES string of the molecule is CS(=O)(=O)N1CCCC(n2c(=O)[nH]c3cnc(-c4cnc5ccc(F)cn45)nc32)C1. The van der Waals surface area contributed by atoms with Gasteiger partial charge in [-0.15, -0.1) is 0 Å². The van der Waals surface area contributed by atoms with E-state index in [1.54, 1.807) is 6.07 Å². The van der Waals surface area contributed by atoms with Crippen molar-refractivity contribution in [1.82, 2.24) is 33.2 Å². The van der Waals surface area contributed by atoms with Crippen LogP contribution in [-0.2, 0) is 10.0 Å². The van der Waals surface area contributed by atoms with Crippen LogP contribution in [0.2, 0.25) is 0 Å². The molecule has 1 unspecified atom stereocenters. The lowest BCUT2D eigenvalue weighted by Gasteiger charge is -2.31. The first kappa shape index (κ1) is 18.9. The third-order valence-corrected chi connectivity index (χ3v) is 6.62. The van der Waals surface area contributed by atoms with E-state index in [1.807, 2.05) is 0 Å². The molecule has 5 rings (SSSR count). The van der Waals surface area contributed by atoms with Crippen LogP contribution in [-0.4, -0.2) is 61.0 Å². The summed E-state index contributed by atoms with van der Waals surface area (Å²) in [5.74, 6) is -0.145. The number of rotatable bonds is 3.